The monoisotopic (exact) mass is 479 g/mol. The van der Waals surface area contributed by atoms with Gasteiger partial charge in [-0.2, -0.15) is 0 Å². The summed E-state index contributed by atoms with van der Waals surface area (Å²) in [5.74, 6) is -0.110. The summed E-state index contributed by atoms with van der Waals surface area (Å²) in [6.07, 6.45) is 1.72. The number of aromatic hydroxyl groups is 1. The third-order valence-corrected chi connectivity index (χ3v) is 6.17. The van der Waals surface area contributed by atoms with Crippen molar-refractivity contribution in [3.05, 3.63) is 82.5 Å². The number of likely N-dealkylation sites (N-methyl/N-ethyl adjacent to an activating group) is 1. The van der Waals surface area contributed by atoms with Gasteiger partial charge in [0.25, 0.3) is 5.91 Å². The van der Waals surface area contributed by atoms with Crippen molar-refractivity contribution < 1.29 is 9.90 Å². The summed E-state index contributed by atoms with van der Waals surface area (Å²) < 4.78 is 0. The maximum absolute atomic E-state index is 13.4. The highest BCUT2D eigenvalue weighted by Crippen LogP contribution is 2.45. The fourth-order valence-corrected chi connectivity index (χ4v) is 4.25. The van der Waals surface area contributed by atoms with Gasteiger partial charge in [-0.25, -0.2) is 0 Å². The van der Waals surface area contributed by atoms with Crippen LogP contribution in [0, 0.1) is 0 Å². The van der Waals surface area contributed by atoms with Gasteiger partial charge < -0.3 is 15.3 Å². The molecule has 168 valence electrons. The molecule has 2 N–H and O–H groups in total. The Labute approximate surface area is 202 Å². The van der Waals surface area contributed by atoms with Gasteiger partial charge in [-0.3, -0.25) is 9.78 Å². The van der Waals surface area contributed by atoms with Gasteiger partial charge in [0.15, 0.2) is 0 Å². The Kier molecular flexibility index (Phi) is 6.84. The lowest BCUT2D eigenvalue weighted by Crippen LogP contribution is -2.31. The molecule has 5 nitrogen and oxygen atoms in total. The van der Waals surface area contributed by atoms with E-state index in [4.69, 9.17) is 23.2 Å². The molecule has 4 aromatic rings. The zero-order valence-corrected chi connectivity index (χ0v) is 19.8. The first kappa shape index (κ1) is 23.1. The summed E-state index contributed by atoms with van der Waals surface area (Å²) in [7, 11) is 3.89. The van der Waals surface area contributed by atoms with Crippen LogP contribution in [0.1, 0.15) is 10.4 Å². The standard InChI is InChI=1S/C26H23Cl2N3O2/c1-31(2)14-13-30-26(33)20-15-21(27)25(28)23(16-7-9-17(32)10-8-16)24(20)19-11-12-29-22-6-4-3-5-18(19)22/h3-12,15,32H,13-14H2,1-2H3,(H,30,33). The molecule has 4 rings (SSSR count). The van der Waals surface area contributed by atoms with E-state index in [0.29, 0.717) is 34.8 Å². The Morgan fingerprint density at radius 2 is 1.76 bits per heavy atom. The molecule has 1 aromatic heterocycles. The lowest BCUT2D eigenvalue weighted by molar-refractivity contribution is 0.0951. The Bertz CT molecular complexity index is 1320. The van der Waals surface area contributed by atoms with Crippen LogP contribution < -0.4 is 5.32 Å². The number of aromatic nitrogens is 1. The highest BCUT2D eigenvalue weighted by molar-refractivity contribution is 6.45. The number of pyridine rings is 1. The number of benzene rings is 3. The molecule has 0 fully saturated rings. The summed E-state index contributed by atoms with van der Waals surface area (Å²) in [6.45, 7) is 1.18. The van der Waals surface area contributed by atoms with Crippen LogP contribution in [0.25, 0.3) is 33.2 Å². The minimum atomic E-state index is -0.244. The van der Waals surface area contributed by atoms with Crippen LogP contribution in [0.2, 0.25) is 10.0 Å². The van der Waals surface area contributed by atoms with E-state index in [1.54, 1.807) is 36.5 Å². The normalized spacial score (nSPS) is 11.2. The number of halogens is 2. The number of rotatable bonds is 6. The second-order valence-corrected chi connectivity index (χ2v) is 8.74. The Balaban J connectivity index is 2.01. The number of fused-ring (bicyclic) bond motifs is 1. The molecule has 0 saturated heterocycles. The Hall–Kier alpha value is -3.12. The quantitative estimate of drug-likeness (QED) is 0.362. The maximum Gasteiger partial charge on any atom is 0.252 e. The summed E-state index contributed by atoms with van der Waals surface area (Å²) in [4.78, 5) is 19.8. The zero-order chi connectivity index (χ0) is 23.5. The number of carbonyl (C=O) groups is 1. The fourth-order valence-electron chi connectivity index (χ4n) is 3.79. The van der Waals surface area contributed by atoms with Crippen molar-refractivity contribution in [1.82, 2.24) is 15.2 Å². The van der Waals surface area contributed by atoms with Crippen LogP contribution in [0.3, 0.4) is 0 Å². The average molecular weight is 480 g/mol. The van der Waals surface area contributed by atoms with Crippen LogP contribution in [-0.2, 0) is 0 Å². The zero-order valence-electron chi connectivity index (χ0n) is 18.3. The predicted molar refractivity (Wildman–Crippen MR) is 135 cm³/mol. The molecule has 0 radical (unpaired) electrons. The largest absolute Gasteiger partial charge is 0.508 e. The van der Waals surface area contributed by atoms with Crippen LogP contribution in [0.5, 0.6) is 5.75 Å². The van der Waals surface area contributed by atoms with E-state index in [1.165, 1.54) is 0 Å². The number of nitrogens with one attached hydrogen (secondary N) is 1. The van der Waals surface area contributed by atoms with Crippen molar-refractivity contribution in [2.75, 3.05) is 27.2 Å². The summed E-state index contributed by atoms with van der Waals surface area (Å²) in [5, 5.41) is 14.3. The first-order chi connectivity index (χ1) is 15.9. The molecule has 3 aromatic carbocycles. The maximum atomic E-state index is 13.4. The molecule has 7 heteroatoms. The number of hydrogen-bond acceptors (Lipinski definition) is 4. The molecule has 1 amide bonds. The van der Waals surface area contributed by atoms with E-state index in [-0.39, 0.29) is 16.7 Å². The molecule has 33 heavy (non-hydrogen) atoms. The molecule has 0 spiro atoms. The number of phenols is 1. The number of para-hydroxylation sites is 1. The molecule has 0 aliphatic carbocycles. The highest BCUT2D eigenvalue weighted by Gasteiger charge is 2.24. The topological polar surface area (TPSA) is 65.5 Å². The second-order valence-electron chi connectivity index (χ2n) is 7.95. The van der Waals surface area contributed by atoms with E-state index in [0.717, 1.165) is 22.0 Å². The van der Waals surface area contributed by atoms with E-state index < -0.39 is 0 Å². The Morgan fingerprint density at radius 3 is 2.48 bits per heavy atom. The lowest BCUT2D eigenvalue weighted by Gasteiger charge is -2.20. The van der Waals surface area contributed by atoms with Gasteiger partial charge in [0.05, 0.1) is 15.6 Å². The van der Waals surface area contributed by atoms with Crippen molar-refractivity contribution in [3.63, 3.8) is 0 Å². The molecule has 0 bridgehead atoms. The molecule has 0 saturated carbocycles. The van der Waals surface area contributed by atoms with Gasteiger partial charge >= 0.3 is 0 Å². The average Bonchev–Trinajstić information content (AvgIpc) is 2.80. The van der Waals surface area contributed by atoms with E-state index in [2.05, 4.69) is 10.3 Å². The van der Waals surface area contributed by atoms with Crippen LogP contribution >= 0.6 is 23.2 Å². The molecule has 0 aliphatic heterocycles. The minimum absolute atomic E-state index is 0.134. The molecular formula is C26H23Cl2N3O2. The molecule has 0 atom stereocenters. The van der Waals surface area contributed by atoms with E-state index in [1.807, 2.05) is 49.3 Å². The number of carbonyl (C=O) groups excluding carboxylic acids is 1. The molecule has 0 aliphatic rings. The number of amides is 1. The van der Waals surface area contributed by atoms with Crippen molar-refractivity contribution in [2.45, 2.75) is 0 Å². The summed E-state index contributed by atoms with van der Waals surface area (Å²) in [6, 6.07) is 17.9. The second kappa shape index (κ2) is 9.79. The fraction of sp³-hybridized carbons (Fsp3) is 0.154. The number of hydrogen-bond donors (Lipinski definition) is 2. The van der Waals surface area contributed by atoms with Gasteiger partial charge in [0.2, 0.25) is 0 Å². The minimum Gasteiger partial charge on any atom is -0.508 e. The van der Waals surface area contributed by atoms with Crippen LogP contribution in [0.4, 0.5) is 0 Å². The first-order valence-electron chi connectivity index (χ1n) is 10.4. The number of phenolic OH excluding ortho intramolecular Hbond substituents is 1. The van der Waals surface area contributed by atoms with Crippen LogP contribution in [-0.4, -0.2) is 48.1 Å². The predicted octanol–water partition coefficient (Wildman–Crippen LogP) is 5.87. The first-order valence-corrected chi connectivity index (χ1v) is 11.2. The van der Waals surface area contributed by atoms with Crippen molar-refractivity contribution in [1.29, 1.82) is 0 Å². The molecule has 1 heterocycles. The SMILES string of the molecule is CN(C)CCNC(=O)c1cc(Cl)c(Cl)c(-c2ccc(O)cc2)c1-c1ccnc2ccccc12. The van der Waals surface area contributed by atoms with Gasteiger partial charge in [-0.1, -0.05) is 53.5 Å². The lowest BCUT2D eigenvalue weighted by atomic mass is 9.88. The summed E-state index contributed by atoms with van der Waals surface area (Å²) >= 11 is 13.3. The number of nitrogens with zero attached hydrogens (tertiary/aromatic N) is 2. The van der Waals surface area contributed by atoms with Gasteiger partial charge in [-0.05, 0) is 55.6 Å². The van der Waals surface area contributed by atoms with Crippen LogP contribution in [0.15, 0.2) is 66.9 Å². The van der Waals surface area contributed by atoms with Gasteiger partial charge in [0, 0.05) is 41.4 Å². The highest BCUT2D eigenvalue weighted by atomic mass is 35.5. The van der Waals surface area contributed by atoms with E-state index in [9.17, 15) is 9.90 Å². The Morgan fingerprint density at radius 1 is 1.03 bits per heavy atom. The van der Waals surface area contributed by atoms with Gasteiger partial charge in [-0.15, -0.1) is 0 Å². The van der Waals surface area contributed by atoms with Gasteiger partial charge in [0.1, 0.15) is 5.75 Å². The van der Waals surface area contributed by atoms with Crippen molar-refractivity contribution in [2.24, 2.45) is 0 Å². The van der Waals surface area contributed by atoms with E-state index >= 15 is 0 Å². The molecular weight excluding hydrogens is 457 g/mol. The van der Waals surface area contributed by atoms with Crippen molar-refractivity contribution in [3.8, 4) is 28.0 Å². The third-order valence-electron chi connectivity index (χ3n) is 5.38. The summed E-state index contributed by atoms with van der Waals surface area (Å²) in [5.41, 5.74) is 4.06. The molecule has 0 unspecified atom stereocenters. The third kappa shape index (κ3) is 4.81. The van der Waals surface area contributed by atoms with Crippen molar-refractivity contribution >= 4 is 40.0 Å². The smallest absolute Gasteiger partial charge is 0.252 e.